The van der Waals surface area contributed by atoms with Gasteiger partial charge in [0, 0.05) is 0 Å². The van der Waals surface area contributed by atoms with Crippen LogP contribution in [0.15, 0.2) is 60.7 Å². The number of carbonyl (C=O) groups is 2. The molecule has 0 heterocycles. The Balaban J connectivity index is 1.34. The lowest BCUT2D eigenvalue weighted by molar-refractivity contribution is -0.0505. The summed E-state index contributed by atoms with van der Waals surface area (Å²) in [6, 6.07) is 18.2. The van der Waals surface area contributed by atoms with Crippen LogP contribution >= 0.6 is 0 Å². The molecule has 0 spiro atoms. The largest absolute Gasteiger partial charge is 0.455 e. The van der Waals surface area contributed by atoms with Crippen LogP contribution in [0.25, 0.3) is 0 Å². The van der Waals surface area contributed by atoms with Crippen molar-refractivity contribution in [2.24, 2.45) is 23.7 Å². The molecule has 2 aromatic carbocycles. The minimum absolute atomic E-state index is 0.335. The highest BCUT2D eigenvalue weighted by atomic mass is 16.6. The van der Waals surface area contributed by atoms with Crippen LogP contribution in [0.5, 0.6) is 0 Å². The summed E-state index contributed by atoms with van der Waals surface area (Å²) in [6.07, 6.45) is 8.21. The Morgan fingerprint density at radius 1 is 0.594 bits per heavy atom. The third kappa shape index (κ3) is 4.46. The molecule has 2 aromatic rings. The Hall–Kier alpha value is -2.62. The Morgan fingerprint density at radius 2 is 1.09 bits per heavy atom. The van der Waals surface area contributed by atoms with Crippen LogP contribution in [0, 0.1) is 23.7 Å². The van der Waals surface area contributed by atoms with Crippen molar-refractivity contribution < 1.29 is 19.1 Å². The van der Waals surface area contributed by atoms with Gasteiger partial charge >= 0.3 is 11.9 Å². The zero-order valence-electron chi connectivity index (χ0n) is 18.5. The van der Waals surface area contributed by atoms with Gasteiger partial charge in [-0.05, 0) is 86.5 Å². The molecule has 4 nitrogen and oxygen atoms in total. The second-order valence-electron chi connectivity index (χ2n) is 9.79. The molecule has 168 valence electrons. The number of carbonyl (C=O) groups excluding carboxylic acids is 2. The van der Waals surface area contributed by atoms with Crippen molar-refractivity contribution in [3.8, 4) is 0 Å². The third-order valence-corrected chi connectivity index (χ3v) is 8.04. The quantitative estimate of drug-likeness (QED) is 0.551. The molecular weight excluding hydrogens is 400 g/mol. The summed E-state index contributed by atoms with van der Waals surface area (Å²) in [5, 5.41) is 0. The van der Waals surface area contributed by atoms with E-state index in [1.54, 1.807) is 24.3 Å². The Morgan fingerprint density at radius 3 is 1.69 bits per heavy atom. The lowest BCUT2D eigenvalue weighted by Gasteiger charge is -2.34. The minimum atomic E-state index is -0.406. The topological polar surface area (TPSA) is 52.6 Å². The van der Waals surface area contributed by atoms with Crippen LogP contribution in [-0.4, -0.2) is 24.1 Å². The summed E-state index contributed by atoms with van der Waals surface area (Å²) in [6.45, 7) is 0. The molecular formula is C28H32O4. The van der Waals surface area contributed by atoms with Gasteiger partial charge in [-0.2, -0.15) is 0 Å². The van der Waals surface area contributed by atoms with Gasteiger partial charge in [0.05, 0.1) is 11.1 Å². The molecule has 6 atom stereocenters. The predicted octanol–water partition coefficient (Wildman–Crippen LogP) is 6.06. The van der Waals surface area contributed by atoms with Crippen molar-refractivity contribution >= 4 is 11.9 Å². The lowest BCUT2D eigenvalue weighted by Crippen LogP contribution is -2.38. The van der Waals surface area contributed by atoms with E-state index in [1.807, 2.05) is 36.4 Å². The first-order chi connectivity index (χ1) is 15.7. The van der Waals surface area contributed by atoms with Gasteiger partial charge in [-0.1, -0.05) is 49.2 Å². The van der Waals surface area contributed by atoms with Crippen molar-refractivity contribution in [2.45, 2.75) is 63.6 Å². The average Bonchev–Trinajstić information content (AvgIpc) is 3.40. The highest BCUT2D eigenvalue weighted by Gasteiger charge is 2.47. The van der Waals surface area contributed by atoms with E-state index in [0.717, 1.165) is 43.4 Å². The van der Waals surface area contributed by atoms with Gasteiger partial charge in [0.25, 0.3) is 0 Å². The molecule has 5 rings (SSSR count). The standard InChI is InChI=1S/C28H32O4/c29-27(19-8-3-1-4-9-19)31-25-16-14-22-18-21-12-7-13-23(21)24(22)15-17-26(25)32-28(30)20-10-5-2-6-11-20/h1-6,8-11,21-26H,7,12-18H2. The highest BCUT2D eigenvalue weighted by Crippen LogP contribution is 2.54. The monoisotopic (exact) mass is 432 g/mol. The molecule has 32 heavy (non-hydrogen) atoms. The number of hydrogen-bond acceptors (Lipinski definition) is 4. The molecule has 0 N–H and O–H groups in total. The van der Waals surface area contributed by atoms with E-state index >= 15 is 0 Å². The van der Waals surface area contributed by atoms with Gasteiger partial charge < -0.3 is 9.47 Å². The molecule has 3 aliphatic rings. The summed E-state index contributed by atoms with van der Waals surface area (Å²) in [4.78, 5) is 25.7. The molecule has 3 fully saturated rings. The van der Waals surface area contributed by atoms with E-state index in [9.17, 15) is 9.59 Å². The van der Waals surface area contributed by atoms with Gasteiger partial charge in [-0.15, -0.1) is 0 Å². The minimum Gasteiger partial charge on any atom is -0.455 e. The van der Waals surface area contributed by atoms with E-state index < -0.39 is 12.2 Å². The van der Waals surface area contributed by atoms with Crippen LogP contribution < -0.4 is 0 Å². The van der Waals surface area contributed by atoms with E-state index in [4.69, 9.17) is 9.47 Å². The summed E-state index contributed by atoms with van der Waals surface area (Å²) < 4.78 is 12.0. The number of rotatable bonds is 4. The molecule has 0 aliphatic heterocycles. The fraction of sp³-hybridized carbons (Fsp3) is 0.500. The third-order valence-electron chi connectivity index (χ3n) is 8.04. The second kappa shape index (κ2) is 9.48. The first-order valence-electron chi connectivity index (χ1n) is 12.2. The van der Waals surface area contributed by atoms with E-state index in [2.05, 4.69) is 0 Å². The number of fused-ring (bicyclic) bond motifs is 3. The van der Waals surface area contributed by atoms with E-state index in [0.29, 0.717) is 17.0 Å². The van der Waals surface area contributed by atoms with Gasteiger partial charge in [0.15, 0.2) is 0 Å². The van der Waals surface area contributed by atoms with Gasteiger partial charge in [0.1, 0.15) is 12.2 Å². The van der Waals surface area contributed by atoms with E-state index in [1.165, 1.54) is 25.7 Å². The number of benzene rings is 2. The molecule has 0 amide bonds. The summed E-state index contributed by atoms with van der Waals surface area (Å²) in [5.74, 6) is 2.49. The maximum Gasteiger partial charge on any atom is 0.338 e. The molecule has 0 saturated heterocycles. The molecule has 0 aromatic heterocycles. The van der Waals surface area contributed by atoms with Gasteiger partial charge in [-0.25, -0.2) is 9.59 Å². The van der Waals surface area contributed by atoms with Crippen molar-refractivity contribution in [1.82, 2.24) is 0 Å². The Bertz CT molecular complexity index is 925. The van der Waals surface area contributed by atoms with Crippen LogP contribution in [0.3, 0.4) is 0 Å². The van der Waals surface area contributed by atoms with E-state index in [-0.39, 0.29) is 11.9 Å². The predicted molar refractivity (Wildman–Crippen MR) is 122 cm³/mol. The molecule has 3 saturated carbocycles. The average molecular weight is 433 g/mol. The Kier molecular flexibility index (Phi) is 6.29. The highest BCUT2D eigenvalue weighted by molar-refractivity contribution is 5.90. The molecule has 3 aliphatic carbocycles. The Labute approximate surface area is 190 Å². The second-order valence-corrected chi connectivity index (χ2v) is 9.79. The molecule has 4 heteroatoms. The normalized spacial score (nSPS) is 31.6. The summed E-state index contributed by atoms with van der Waals surface area (Å²) in [5.41, 5.74) is 1.08. The summed E-state index contributed by atoms with van der Waals surface area (Å²) in [7, 11) is 0. The molecule has 0 radical (unpaired) electrons. The first-order valence-corrected chi connectivity index (χ1v) is 12.2. The smallest absolute Gasteiger partial charge is 0.338 e. The summed E-state index contributed by atoms with van der Waals surface area (Å²) >= 11 is 0. The number of ether oxygens (including phenoxy) is 2. The van der Waals surface area contributed by atoms with Crippen LogP contribution in [0.1, 0.15) is 72.1 Å². The zero-order chi connectivity index (χ0) is 21.9. The SMILES string of the molecule is O=C(OC1CCC2CC3CCCC3C2CCC1OC(=O)c1ccccc1)c1ccccc1. The first kappa shape index (κ1) is 21.2. The lowest BCUT2D eigenvalue weighted by atomic mass is 9.78. The molecule has 0 bridgehead atoms. The zero-order valence-corrected chi connectivity index (χ0v) is 18.5. The number of hydrogen-bond donors (Lipinski definition) is 0. The van der Waals surface area contributed by atoms with Crippen LogP contribution in [-0.2, 0) is 9.47 Å². The van der Waals surface area contributed by atoms with Crippen molar-refractivity contribution in [2.75, 3.05) is 0 Å². The fourth-order valence-corrected chi connectivity index (χ4v) is 6.55. The van der Waals surface area contributed by atoms with Crippen LogP contribution in [0.2, 0.25) is 0 Å². The van der Waals surface area contributed by atoms with Crippen molar-refractivity contribution in [3.05, 3.63) is 71.8 Å². The fourth-order valence-electron chi connectivity index (χ4n) is 6.55. The molecule has 6 unspecified atom stereocenters. The number of esters is 2. The van der Waals surface area contributed by atoms with Gasteiger partial charge in [-0.3, -0.25) is 0 Å². The van der Waals surface area contributed by atoms with Crippen molar-refractivity contribution in [3.63, 3.8) is 0 Å². The maximum absolute atomic E-state index is 12.9. The van der Waals surface area contributed by atoms with Crippen molar-refractivity contribution in [1.29, 1.82) is 0 Å². The van der Waals surface area contributed by atoms with Gasteiger partial charge in [0.2, 0.25) is 0 Å². The maximum atomic E-state index is 12.9. The van der Waals surface area contributed by atoms with Crippen LogP contribution in [0.4, 0.5) is 0 Å².